The molecule has 2 heterocycles. The summed E-state index contributed by atoms with van der Waals surface area (Å²) in [6, 6.07) is 58.7. The van der Waals surface area contributed by atoms with E-state index in [4.69, 9.17) is 13.8 Å². The number of rotatable bonds is 6. The molecular formula is C43H28N2O2. The number of fused-ring (bicyclic) bond motifs is 4. The zero-order valence-corrected chi connectivity index (χ0v) is 25.4. The first-order valence-electron chi connectivity index (χ1n) is 15.7. The molecule has 0 saturated carbocycles. The van der Waals surface area contributed by atoms with Crippen LogP contribution in [0.15, 0.2) is 179 Å². The number of hydrogen-bond acceptors (Lipinski definition) is 4. The lowest BCUT2D eigenvalue weighted by molar-refractivity contribution is 0.619. The highest BCUT2D eigenvalue weighted by atomic mass is 16.3. The van der Waals surface area contributed by atoms with Crippen LogP contribution in [-0.4, -0.2) is 4.98 Å². The van der Waals surface area contributed by atoms with Crippen LogP contribution in [-0.2, 0) is 0 Å². The standard InChI is InChI=1S/C43H28N2O2/c1-3-11-29(12-4-1)31-13-9-16-35(27-31)45(33-14-5-2-6-15-33)34-24-21-30(22-25-34)36-18-10-20-40-42(36)44-43(47-40)32-23-26-38-37-17-7-8-19-39(37)46-41(38)28-32/h1-28H. The molecule has 0 fully saturated rings. The fraction of sp³-hybridized carbons (Fsp3) is 0. The third kappa shape index (κ3) is 4.84. The van der Waals surface area contributed by atoms with Gasteiger partial charge in [0.1, 0.15) is 16.7 Å². The van der Waals surface area contributed by atoms with E-state index in [9.17, 15) is 0 Å². The molecule has 0 aliphatic rings. The maximum atomic E-state index is 6.30. The number of hydrogen-bond donors (Lipinski definition) is 0. The van der Waals surface area contributed by atoms with E-state index in [1.54, 1.807) is 0 Å². The zero-order valence-electron chi connectivity index (χ0n) is 25.4. The fourth-order valence-corrected chi connectivity index (χ4v) is 6.43. The normalized spacial score (nSPS) is 11.4. The highest BCUT2D eigenvalue weighted by molar-refractivity contribution is 6.05. The van der Waals surface area contributed by atoms with Crippen molar-refractivity contribution in [1.82, 2.24) is 4.98 Å². The van der Waals surface area contributed by atoms with Gasteiger partial charge in [0.25, 0.3) is 0 Å². The summed E-state index contributed by atoms with van der Waals surface area (Å²) in [6.45, 7) is 0. The lowest BCUT2D eigenvalue weighted by atomic mass is 10.0. The van der Waals surface area contributed by atoms with Crippen LogP contribution in [0.1, 0.15) is 0 Å². The Hall–Kier alpha value is -6.39. The summed E-state index contributed by atoms with van der Waals surface area (Å²) in [5, 5.41) is 2.18. The summed E-state index contributed by atoms with van der Waals surface area (Å²) in [6.07, 6.45) is 0. The first-order chi connectivity index (χ1) is 23.3. The Morgan fingerprint density at radius 2 is 1.02 bits per heavy atom. The lowest BCUT2D eigenvalue weighted by Crippen LogP contribution is -2.09. The largest absolute Gasteiger partial charge is 0.456 e. The Morgan fingerprint density at radius 3 is 1.87 bits per heavy atom. The van der Waals surface area contributed by atoms with Crippen molar-refractivity contribution in [1.29, 1.82) is 0 Å². The van der Waals surface area contributed by atoms with Crippen LogP contribution in [0, 0.1) is 0 Å². The van der Waals surface area contributed by atoms with Crippen LogP contribution in [0.4, 0.5) is 17.1 Å². The van der Waals surface area contributed by atoms with E-state index in [0.717, 1.165) is 66.8 Å². The molecule has 222 valence electrons. The van der Waals surface area contributed by atoms with Crippen molar-refractivity contribution in [2.45, 2.75) is 0 Å². The maximum absolute atomic E-state index is 6.30. The van der Waals surface area contributed by atoms with Crippen molar-refractivity contribution in [3.8, 4) is 33.7 Å². The van der Waals surface area contributed by atoms with Gasteiger partial charge >= 0.3 is 0 Å². The molecule has 0 N–H and O–H groups in total. The van der Waals surface area contributed by atoms with E-state index in [2.05, 4.69) is 126 Å². The minimum atomic E-state index is 0.569. The fourth-order valence-electron chi connectivity index (χ4n) is 6.43. The van der Waals surface area contributed by atoms with E-state index in [1.807, 2.05) is 48.5 Å². The Balaban J connectivity index is 1.09. The summed E-state index contributed by atoms with van der Waals surface area (Å²) in [7, 11) is 0. The molecule has 0 radical (unpaired) electrons. The summed E-state index contributed by atoms with van der Waals surface area (Å²) in [5.41, 5.74) is 11.8. The van der Waals surface area contributed by atoms with E-state index in [0.29, 0.717) is 5.89 Å². The van der Waals surface area contributed by atoms with Crippen LogP contribution >= 0.6 is 0 Å². The van der Waals surface area contributed by atoms with E-state index < -0.39 is 0 Å². The van der Waals surface area contributed by atoms with E-state index in [-0.39, 0.29) is 0 Å². The number of oxazole rings is 1. The number of anilines is 3. The van der Waals surface area contributed by atoms with Gasteiger partial charge in [-0.1, -0.05) is 103 Å². The predicted octanol–water partition coefficient (Wildman–Crippen LogP) is 12.2. The van der Waals surface area contributed by atoms with Gasteiger partial charge in [-0.2, -0.15) is 0 Å². The smallest absolute Gasteiger partial charge is 0.227 e. The van der Waals surface area contributed by atoms with E-state index >= 15 is 0 Å². The van der Waals surface area contributed by atoms with Crippen LogP contribution in [0.5, 0.6) is 0 Å². The van der Waals surface area contributed by atoms with Gasteiger partial charge in [0.05, 0.1) is 0 Å². The third-order valence-corrected chi connectivity index (χ3v) is 8.71. The van der Waals surface area contributed by atoms with Gasteiger partial charge in [-0.3, -0.25) is 0 Å². The minimum absolute atomic E-state index is 0.569. The number of furan rings is 1. The summed E-state index contributed by atoms with van der Waals surface area (Å²) >= 11 is 0. The van der Waals surface area contributed by atoms with Gasteiger partial charge in [0, 0.05) is 39.0 Å². The first-order valence-corrected chi connectivity index (χ1v) is 15.7. The van der Waals surface area contributed by atoms with Crippen LogP contribution < -0.4 is 4.90 Å². The third-order valence-electron chi connectivity index (χ3n) is 8.71. The Bertz CT molecular complexity index is 2510. The molecular weight excluding hydrogens is 576 g/mol. The molecule has 0 spiro atoms. The van der Waals surface area contributed by atoms with Crippen LogP contribution in [0.3, 0.4) is 0 Å². The average Bonchev–Trinajstić information content (AvgIpc) is 3.75. The van der Waals surface area contributed by atoms with Gasteiger partial charge in [0.2, 0.25) is 5.89 Å². The molecule has 7 aromatic carbocycles. The Labute approximate surface area is 271 Å². The van der Waals surface area contributed by atoms with Gasteiger partial charge in [-0.05, 0) is 83.4 Å². The van der Waals surface area contributed by atoms with Crippen molar-refractivity contribution in [3.63, 3.8) is 0 Å². The van der Waals surface area contributed by atoms with E-state index in [1.165, 1.54) is 11.1 Å². The predicted molar refractivity (Wildman–Crippen MR) is 192 cm³/mol. The minimum Gasteiger partial charge on any atom is -0.456 e. The molecule has 0 aliphatic carbocycles. The molecule has 0 aliphatic heterocycles. The molecule has 0 unspecified atom stereocenters. The molecule has 4 nitrogen and oxygen atoms in total. The molecule has 2 aromatic heterocycles. The van der Waals surface area contributed by atoms with Gasteiger partial charge in [-0.25, -0.2) is 4.98 Å². The van der Waals surface area contributed by atoms with Crippen LogP contribution in [0.2, 0.25) is 0 Å². The highest BCUT2D eigenvalue weighted by Crippen LogP contribution is 2.39. The number of para-hydroxylation sites is 3. The lowest BCUT2D eigenvalue weighted by Gasteiger charge is -2.26. The molecule has 9 rings (SSSR count). The monoisotopic (exact) mass is 604 g/mol. The topological polar surface area (TPSA) is 42.4 Å². The van der Waals surface area contributed by atoms with Gasteiger partial charge in [-0.15, -0.1) is 0 Å². The number of benzene rings is 7. The van der Waals surface area contributed by atoms with Crippen molar-refractivity contribution in [2.75, 3.05) is 4.90 Å². The molecule has 0 saturated heterocycles. The van der Waals surface area contributed by atoms with Gasteiger partial charge in [0.15, 0.2) is 5.58 Å². The first kappa shape index (κ1) is 27.0. The van der Waals surface area contributed by atoms with Gasteiger partial charge < -0.3 is 13.7 Å². The summed E-state index contributed by atoms with van der Waals surface area (Å²) in [4.78, 5) is 7.28. The summed E-state index contributed by atoms with van der Waals surface area (Å²) in [5.74, 6) is 0.569. The number of nitrogens with zero attached hydrogens (tertiary/aromatic N) is 2. The molecule has 0 bridgehead atoms. The number of aromatic nitrogens is 1. The molecule has 0 atom stereocenters. The van der Waals surface area contributed by atoms with Crippen LogP contribution in [0.25, 0.3) is 66.7 Å². The van der Waals surface area contributed by atoms with Crippen molar-refractivity contribution >= 4 is 50.1 Å². The van der Waals surface area contributed by atoms with Crippen molar-refractivity contribution in [2.24, 2.45) is 0 Å². The summed E-state index contributed by atoms with van der Waals surface area (Å²) < 4.78 is 12.4. The second-order valence-electron chi connectivity index (χ2n) is 11.6. The molecule has 47 heavy (non-hydrogen) atoms. The maximum Gasteiger partial charge on any atom is 0.227 e. The quantitative estimate of drug-likeness (QED) is 0.189. The molecule has 9 aromatic rings. The second kappa shape index (κ2) is 11.2. The average molecular weight is 605 g/mol. The zero-order chi connectivity index (χ0) is 31.2. The Kier molecular flexibility index (Phi) is 6.43. The van der Waals surface area contributed by atoms with Crippen molar-refractivity contribution in [3.05, 3.63) is 170 Å². The Morgan fingerprint density at radius 1 is 0.383 bits per heavy atom. The second-order valence-corrected chi connectivity index (χ2v) is 11.6. The van der Waals surface area contributed by atoms with Crippen molar-refractivity contribution < 1.29 is 8.83 Å². The molecule has 0 amide bonds. The molecule has 4 heteroatoms. The highest BCUT2D eigenvalue weighted by Gasteiger charge is 2.17. The SMILES string of the molecule is c1ccc(-c2cccc(N(c3ccccc3)c3ccc(-c4cccc5oc(-c6ccc7c(c6)oc6ccccc67)nc45)cc3)c2)cc1.